The number of ether oxygens (including phenoxy) is 1. The van der Waals surface area contributed by atoms with Crippen LogP contribution in [0.2, 0.25) is 0 Å². The molecule has 2 aliphatic rings. The second kappa shape index (κ2) is 13.2. The average Bonchev–Trinajstić information content (AvgIpc) is 3.76. The number of fused-ring (bicyclic) bond motifs is 1. The number of carbonyl (C=O) groups is 2. The molecule has 14 heteroatoms. The van der Waals surface area contributed by atoms with Crippen LogP contribution in [0.15, 0.2) is 67.5 Å². The van der Waals surface area contributed by atoms with Crippen molar-refractivity contribution in [2.45, 2.75) is 52.2 Å². The highest BCUT2D eigenvalue weighted by Crippen LogP contribution is 2.28. The van der Waals surface area contributed by atoms with E-state index in [-0.39, 0.29) is 18.0 Å². The van der Waals surface area contributed by atoms with Gasteiger partial charge in [0.1, 0.15) is 17.1 Å². The van der Waals surface area contributed by atoms with Gasteiger partial charge in [0.2, 0.25) is 11.9 Å². The molecule has 254 valence electrons. The lowest BCUT2D eigenvalue weighted by molar-refractivity contribution is -0.129. The summed E-state index contributed by atoms with van der Waals surface area (Å²) in [4.78, 5) is 48.4. The third kappa shape index (κ3) is 7.17. The van der Waals surface area contributed by atoms with Crippen LogP contribution >= 0.6 is 0 Å². The topological polar surface area (TPSA) is 139 Å². The van der Waals surface area contributed by atoms with Crippen molar-refractivity contribution in [3.05, 3.63) is 67.5 Å². The van der Waals surface area contributed by atoms with Gasteiger partial charge in [0, 0.05) is 75.9 Å². The van der Waals surface area contributed by atoms with Crippen molar-refractivity contribution in [2.24, 2.45) is 0 Å². The molecular weight excluding hydrogens is 622 g/mol. The van der Waals surface area contributed by atoms with E-state index in [2.05, 4.69) is 37.6 Å². The van der Waals surface area contributed by atoms with Gasteiger partial charge in [-0.1, -0.05) is 0 Å². The zero-order valence-electron chi connectivity index (χ0n) is 28.3. The van der Waals surface area contributed by atoms with Gasteiger partial charge in [-0.2, -0.15) is 5.10 Å². The molecule has 0 aliphatic carbocycles. The normalized spacial score (nSPS) is 15.9. The van der Waals surface area contributed by atoms with Gasteiger partial charge >= 0.3 is 6.09 Å². The Morgan fingerprint density at radius 3 is 2.35 bits per heavy atom. The first kappa shape index (κ1) is 32.0. The standard InChI is InChI=1S/C35H41N11O3/c1-24(47)42-15-17-43(18-16-42)28-6-7-31(37-20-28)41-33-36-12-9-29(40-33)30-21-38-32-8-5-25(22-45(30)32)26-19-39-46(23-26)27-10-13-44(14-11-27)34(48)49-35(2,3)4/h5-9,12,19-23,27H,10-11,13-18H2,1-4H3,(H,36,37,40,41). The lowest BCUT2D eigenvalue weighted by Gasteiger charge is -2.35. The molecule has 2 saturated heterocycles. The summed E-state index contributed by atoms with van der Waals surface area (Å²) in [5, 5.41) is 7.91. The van der Waals surface area contributed by atoms with Gasteiger partial charge in [-0.25, -0.2) is 24.7 Å². The number of rotatable bonds is 6. The zero-order chi connectivity index (χ0) is 34.1. The van der Waals surface area contributed by atoms with Crippen LogP contribution in [0.5, 0.6) is 0 Å². The predicted molar refractivity (Wildman–Crippen MR) is 186 cm³/mol. The van der Waals surface area contributed by atoms with E-state index in [1.54, 1.807) is 18.0 Å². The quantitative estimate of drug-likeness (QED) is 0.263. The largest absolute Gasteiger partial charge is 0.444 e. The van der Waals surface area contributed by atoms with Crippen LogP contribution in [-0.2, 0) is 9.53 Å². The highest BCUT2D eigenvalue weighted by molar-refractivity contribution is 5.73. The van der Waals surface area contributed by atoms with Gasteiger partial charge in [-0.3, -0.25) is 13.9 Å². The molecule has 2 aliphatic heterocycles. The number of hydrogen-bond donors (Lipinski definition) is 1. The van der Waals surface area contributed by atoms with Crippen molar-refractivity contribution in [3.8, 4) is 22.5 Å². The van der Waals surface area contributed by atoms with Crippen LogP contribution in [0, 0.1) is 0 Å². The number of hydrogen-bond acceptors (Lipinski definition) is 10. The molecule has 5 aromatic heterocycles. The Balaban J connectivity index is 1.02. The van der Waals surface area contributed by atoms with Crippen molar-refractivity contribution in [2.75, 3.05) is 49.5 Å². The van der Waals surface area contributed by atoms with Crippen molar-refractivity contribution in [1.29, 1.82) is 0 Å². The molecule has 0 atom stereocenters. The highest BCUT2D eigenvalue weighted by Gasteiger charge is 2.28. The van der Waals surface area contributed by atoms with Gasteiger partial charge in [-0.15, -0.1) is 0 Å². The number of amides is 2. The second-order valence-electron chi connectivity index (χ2n) is 13.5. The maximum absolute atomic E-state index is 12.5. The van der Waals surface area contributed by atoms with Gasteiger partial charge in [0.05, 0.1) is 41.7 Å². The van der Waals surface area contributed by atoms with Gasteiger partial charge in [0.25, 0.3) is 0 Å². The van der Waals surface area contributed by atoms with Crippen LogP contribution < -0.4 is 10.2 Å². The molecule has 7 rings (SSSR count). The summed E-state index contributed by atoms with van der Waals surface area (Å²) < 4.78 is 9.58. The van der Waals surface area contributed by atoms with Crippen LogP contribution in [0.3, 0.4) is 0 Å². The summed E-state index contributed by atoms with van der Waals surface area (Å²) in [6, 6.07) is 10.0. The van der Waals surface area contributed by atoms with Gasteiger partial charge in [-0.05, 0) is 63.9 Å². The molecule has 0 radical (unpaired) electrons. The fourth-order valence-electron chi connectivity index (χ4n) is 6.27. The molecule has 5 aromatic rings. The molecular formula is C35H41N11O3. The summed E-state index contributed by atoms with van der Waals surface area (Å²) in [6.45, 7) is 11.5. The molecule has 0 unspecified atom stereocenters. The first-order chi connectivity index (χ1) is 23.6. The number of imidazole rings is 1. The number of pyridine rings is 2. The number of piperazine rings is 1. The summed E-state index contributed by atoms with van der Waals surface area (Å²) in [5.74, 6) is 1.18. The second-order valence-corrected chi connectivity index (χ2v) is 13.5. The Labute approximate surface area is 284 Å². The van der Waals surface area contributed by atoms with E-state index in [9.17, 15) is 9.59 Å². The van der Waals surface area contributed by atoms with E-state index in [1.165, 1.54) is 0 Å². The Kier molecular flexibility index (Phi) is 8.61. The molecule has 49 heavy (non-hydrogen) atoms. The first-order valence-corrected chi connectivity index (χ1v) is 16.7. The van der Waals surface area contributed by atoms with Crippen molar-refractivity contribution >= 4 is 35.1 Å². The van der Waals surface area contributed by atoms with Crippen LogP contribution in [0.4, 0.5) is 22.2 Å². The van der Waals surface area contributed by atoms with E-state index in [4.69, 9.17) is 14.8 Å². The van der Waals surface area contributed by atoms with Crippen LogP contribution in [-0.4, -0.2) is 101 Å². The molecule has 0 saturated carbocycles. The SMILES string of the molecule is CC(=O)N1CCN(c2ccc(Nc3nccc(-c4cnc5ccc(-c6cnn(C7CCN(C(=O)OC(C)(C)C)CC7)c6)cn45)n3)nc2)CC1. The van der Waals surface area contributed by atoms with E-state index in [0.29, 0.717) is 37.9 Å². The Morgan fingerprint density at radius 2 is 1.63 bits per heavy atom. The minimum absolute atomic E-state index is 0.114. The minimum Gasteiger partial charge on any atom is -0.444 e. The molecule has 0 spiro atoms. The number of aromatic nitrogens is 7. The number of anilines is 3. The third-order valence-electron chi connectivity index (χ3n) is 8.93. The average molecular weight is 664 g/mol. The lowest BCUT2D eigenvalue weighted by Crippen LogP contribution is -2.48. The summed E-state index contributed by atoms with van der Waals surface area (Å²) >= 11 is 0. The maximum Gasteiger partial charge on any atom is 0.410 e. The lowest BCUT2D eigenvalue weighted by atomic mass is 10.1. The number of piperidine rings is 1. The molecule has 0 aromatic carbocycles. The molecule has 2 amide bonds. The van der Waals surface area contributed by atoms with Crippen molar-refractivity contribution in [1.82, 2.24) is 43.9 Å². The third-order valence-corrected chi connectivity index (χ3v) is 8.93. The van der Waals surface area contributed by atoms with Gasteiger partial charge in [0.15, 0.2) is 0 Å². The molecule has 2 fully saturated rings. The Bertz CT molecular complexity index is 1950. The van der Waals surface area contributed by atoms with E-state index < -0.39 is 5.60 Å². The fourth-order valence-corrected chi connectivity index (χ4v) is 6.27. The minimum atomic E-state index is -0.505. The summed E-state index contributed by atoms with van der Waals surface area (Å²) in [7, 11) is 0. The van der Waals surface area contributed by atoms with E-state index in [0.717, 1.165) is 59.8 Å². The van der Waals surface area contributed by atoms with Crippen molar-refractivity contribution in [3.63, 3.8) is 0 Å². The predicted octanol–water partition coefficient (Wildman–Crippen LogP) is 5.03. The monoisotopic (exact) mass is 663 g/mol. The number of nitrogens with zero attached hydrogens (tertiary/aromatic N) is 10. The number of carbonyl (C=O) groups excluding carboxylic acids is 2. The summed E-state index contributed by atoms with van der Waals surface area (Å²) in [5.41, 5.74) is 4.86. The van der Waals surface area contributed by atoms with Crippen molar-refractivity contribution < 1.29 is 14.3 Å². The van der Waals surface area contributed by atoms with Gasteiger partial charge < -0.3 is 24.8 Å². The van der Waals surface area contributed by atoms with E-state index >= 15 is 0 Å². The fraction of sp³-hybridized carbons (Fsp3) is 0.400. The molecule has 1 N–H and O–H groups in total. The molecule has 0 bridgehead atoms. The summed E-state index contributed by atoms with van der Waals surface area (Å²) in [6.07, 6.45) is 12.7. The number of likely N-dealkylation sites (tertiary alicyclic amines) is 1. The van der Waals surface area contributed by atoms with E-state index in [1.807, 2.05) is 83.7 Å². The van der Waals surface area contributed by atoms with Crippen LogP contribution in [0.1, 0.15) is 46.6 Å². The zero-order valence-corrected chi connectivity index (χ0v) is 28.3. The molecule has 7 heterocycles. The molecule has 14 nitrogen and oxygen atoms in total. The Morgan fingerprint density at radius 1 is 0.837 bits per heavy atom. The maximum atomic E-state index is 12.5. The van der Waals surface area contributed by atoms with Crippen LogP contribution in [0.25, 0.3) is 28.2 Å². The first-order valence-electron chi connectivity index (χ1n) is 16.7. The smallest absolute Gasteiger partial charge is 0.410 e. The number of nitrogens with one attached hydrogen (secondary N) is 1. The Hall–Kier alpha value is -5.53. The highest BCUT2D eigenvalue weighted by atomic mass is 16.6.